The number of hydrogen-bond donors (Lipinski definition) is 1. The second-order valence-corrected chi connectivity index (χ2v) is 8.71. The Morgan fingerprint density at radius 1 is 0.872 bits per heavy atom. The van der Waals surface area contributed by atoms with Crippen molar-refractivity contribution in [3.8, 4) is 11.4 Å². The number of carbonyl (C=O) groups is 1. The molecule has 1 amide bonds. The van der Waals surface area contributed by atoms with Gasteiger partial charge in [-0.3, -0.25) is 4.79 Å². The first-order chi connectivity index (χ1) is 18.3. The maximum absolute atomic E-state index is 14.0. The quantitative estimate of drug-likeness (QED) is 0.247. The average Bonchev–Trinajstić information content (AvgIpc) is 3.16. The van der Waals surface area contributed by atoms with Gasteiger partial charge in [0.15, 0.2) is 0 Å². The van der Waals surface area contributed by atoms with Crippen LogP contribution in [0.1, 0.15) is 38.4 Å². The van der Waals surface area contributed by atoms with Crippen molar-refractivity contribution in [2.45, 2.75) is 32.8 Å². The van der Waals surface area contributed by atoms with Gasteiger partial charge in [0, 0.05) is 28.7 Å². The molecule has 0 atom stereocenters. The van der Waals surface area contributed by atoms with Crippen LogP contribution in [0.25, 0.3) is 5.69 Å². The Morgan fingerprint density at radius 3 is 2.28 bits per heavy atom. The summed E-state index contributed by atoms with van der Waals surface area (Å²) in [6, 6.07) is 14.4. The lowest BCUT2D eigenvalue weighted by Gasteiger charge is -2.17. The molecule has 0 aliphatic carbocycles. The minimum Gasteiger partial charge on any atom is -0.489 e. The van der Waals surface area contributed by atoms with Gasteiger partial charge < -0.3 is 14.6 Å². The molecule has 4 nitrogen and oxygen atoms in total. The van der Waals surface area contributed by atoms with Gasteiger partial charge in [0.2, 0.25) is 0 Å². The first-order valence-corrected chi connectivity index (χ1v) is 11.5. The molecule has 204 valence electrons. The minimum absolute atomic E-state index is 0.115. The van der Waals surface area contributed by atoms with Crippen LogP contribution in [0.5, 0.6) is 5.75 Å². The third-order valence-electron chi connectivity index (χ3n) is 5.99. The second-order valence-electron chi connectivity index (χ2n) is 8.71. The number of hydrogen-bond acceptors (Lipinski definition) is 2. The summed E-state index contributed by atoms with van der Waals surface area (Å²) in [5.74, 6) is -1.32. The molecule has 1 heterocycles. The fraction of sp³-hybridized carbons (Fsp3) is 0.179. The molecule has 0 unspecified atom stereocenters. The zero-order valence-corrected chi connectivity index (χ0v) is 20.5. The van der Waals surface area contributed by atoms with Crippen LogP contribution in [0, 0.1) is 19.7 Å². The Morgan fingerprint density at radius 2 is 1.59 bits per heavy atom. The number of aromatic nitrogens is 1. The van der Waals surface area contributed by atoms with Crippen molar-refractivity contribution in [1.29, 1.82) is 0 Å². The highest BCUT2D eigenvalue weighted by atomic mass is 19.4. The molecule has 0 saturated heterocycles. The molecule has 0 radical (unpaired) electrons. The van der Waals surface area contributed by atoms with Crippen molar-refractivity contribution in [3.63, 3.8) is 0 Å². The highest BCUT2D eigenvalue weighted by Crippen LogP contribution is 2.36. The Kier molecular flexibility index (Phi) is 7.45. The predicted octanol–water partition coefficient (Wildman–Crippen LogP) is 8.10. The van der Waals surface area contributed by atoms with E-state index >= 15 is 0 Å². The SMILES string of the molecule is Cc1cc(C(=O)Nc2cccc(OCc3cc(C(F)(F)F)ccc3F)c2)c(C)n1-c1ccccc1C(F)(F)F. The fourth-order valence-electron chi connectivity index (χ4n) is 4.16. The van der Waals surface area contributed by atoms with Gasteiger partial charge in [-0.15, -0.1) is 0 Å². The number of para-hydroxylation sites is 1. The molecule has 1 aromatic heterocycles. The molecule has 11 heteroatoms. The van der Waals surface area contributed by atoms with Crippen molar-refractivity contribution >= 4 is 11.6 Å². The third kappa shape index (κ3) is 6.08. The molecule has 0 aliphatic rings. The number of rotatable bonds is 6. The molecule has 3 aromatic carbocycles. The Balaban J connectivity index is 1.53. The van der Waals surface area contributed by atoms with Crippen LogP contribution in [0.15, 0.2) is 72.8 Å². The van der Waals surface area contributed by atoms with Crippen molar-refractivity contribution in [1.82, 2.24) is 4.57 Å². The number of halogens is 7. The fourth-order valence-corrected chi connectivity index (χ4v) is 4.16. The number of amides is 1. The number of benzene rings is 3. The summed E-state index contributed by atoms with van der Waals surface area (Å²) in [7, 11) is 0. The maximum Gasteiger partial charge on any atom is 0.418 e. The number of nitrogens with one attached hydrogen (secondary N) is 1. The molecule has 0 fully saturated rings. The largest absolute Gasteiger partial charge is 0.489 e. The summed E-state index contributed by atoms with van der Waals surface area (Å²) < 4.78 is 100. The predicted molar refractivity (Wildman–Crippen MR) is 130 cm³/mol. The number of carbonyl (C=O) groups excluding carboxylic acids is 1. The van der Waals surface area contributed by atoms with Crippen molar-refractivity contribution in [2.75, 3.05) is 5.32 Å². The Labute approximate surface area is 218 Å². The van der Waals surface area contributed by atoms with E-state index < -0.39 is 41.8 Å². The van der Waals surface area contributed by atoms with Crippen molar-refractivity contribution < 1.29 is 40.3 Å². The van der Waals surface area contributed by atoms with Gasteiger partial charge in [-0.25, -0.2) is 4.39 Å². The highest BCUT2D eigenvalue weighted by Gasteiger charge is 2.34. The monoisotopic (exact) mass is 550 g/mol. The van der Waals surface area contributed by atoms with E-state index in [0.29, 0.717) is 23.9 Å². The van der Waals surface area contributed by atoms with Crippen molar-refractivity contribution in [2.24, 2.45) is 0 Å². The van der Waals surface area contributed by atoms with E-state index in [1.807, 2.05) is 0 Å². The lowest BCUT2D eigenvalue weighted by atomic mass is 10.1. The Hall–Kier alpha value is -4.28. The molecule has 1 N–H and O–H groups in total. The number of nitrogens with zero attached hydrogens (tertiary/aromatic N) is 1. The minimum atomic E-state index is -4.64. The van der Waals surface area contributed by atoms with Gasteiger partial charge in [0.05, 0.1) is 22.4 Å². The van der Waals surface area contributed by atoms with Crippen LogP contribution in [-0.4, -0.2) is 10.5 Å². The van der Waals surface area contributed by atoms with Gasteiger partial charge in [-0.05, 0) is 62.4 Å². The molecule has 39 heavy (non-hydrogen) atoms. The van der Waals surface area contributed by atoms with Gasteiger partial charge >= 0.3 is 12.4 Å². The normalized spacial score (nSPS) is 11.9. The summed E-state index contributed by atoms with van der Waals surface area (Å²) in [5, 5.41) is 2.64. The second kappa shape index (κ2) is 10.5. The number of alkyl halides is 6. The zero-order chi connectivity index (χ0) is 28.5. The van der Waals surface area contributed by atoms with Crippen LogP contribution in [0.3, 0.4) is 0 Å². The number of ether oxygens (including phenoxy) is 1. The summed E-state index contributed by atoms with van der Waals surface area (Å²) in [4.78, 5) is 13.0. The van der Waals surface area contributed by atoms with Crippen LogP contribution in [0.4, 0.5) is 36.4 Å². The van der Waals surface area contributed by atoms with E-state index in [0.717, 1.165) is 6.07 Å². The van der Waals surface area contributed by atoms with Gasteiger partial charge in [-0.1, -0.05) is 18.2 Å². The van der Waals surface area contributed by atoms with Crippen LogP contribution < -0.4 is 10.1 Å². The first-order valence-electron chi connectivity index (χ1n) is 11.5. The third-order valence-corrected chi connectivity index (χ3v) is 5.99. The lowest BCUT2D eigenvalue weighted by Crippen LogP contribution is -2.15. The molecule has 0 aliphatic heterocycles. The number of anilines is 1. The van der Waals surface area contributed by atoms with Crippen LogP contribution in [0.2, 0.25) is 0 Å². The highest BCUT2D eigenvalue weighted by molar-refractivity contribution is 6.05. The van der Waals surface area contributed by atoms with E-state index in [-0.39, 0.29) is 33.9 Å². The lowest BCUT2D eigenvalue weighted by molar-refractivity contribution is -0.138. The standard InChI is InChI=1S/C28H21F7N2O2/c1-16-12-22(17(2)37(16)25-9-4-3-8-23(25)28(33,34)35)26(38)36-20-6-5-7-21(14-20)39-15-18-13-19(27(30,31)32)10-11-24(18)29/h3-14H,15H2,1-2H3,(H,36,38). The molecule has 4 rings (SSSR count). The topological polar surface area (TPSA) is 43.3 Å². The van der Waals surface area contributed by atoms with Gasteiger partial charge in [0.25, 0.3) is 5.91 Å². The maximum atomic E-state index is 14.0. The molecular formula is C28H21F7N2O2. The van der Waals surface area contributed by atoms with Crippen LogP contribution in [-0.2, 0) is 19.0 Å². The van der Waals surface area contributed by atoms with E-state index in [9.17, 15) is 35.5 Å². The molecule has 0 saturated carbocycles. The molecule has 0 spiro atoms. The van der Waals surface area contributed by atoms with E-state index in [1.54, 1.807) is 6.92 Å². The summed E-state index contributed by atoms with van der Waals surface area (Å²) in [6.45, 7) is 2.61. The zero-order valence-electron chi connectivity index (χ0n) is 20.5. The smallest absolute Gasteiger partial charge is 0.418 e. The average molecular weight is 550 g/mol. The first kappa shape index (κ1) is 27.7. The van der Waals surface area contributed by atoms with Crippen LogP contribution >= 0.6 is 0 Å². The summed E-state index contributed by atoms with van der Waals surface area (Å²) >= 11 is 0. The molecule has 4 aromatic rings. The number of aryl methyl sites for hydroxylation is 1. The molecular weight excluding hydrogens is 529 g/mol. The summed E-state index contributed by atoms with van der Waals surface area (Å²) in [6.07, 6.45) is -9.24. The summed E-state index contributed by atoms with van der Waals surface area (Å²) in [5.41, 5.74) is -1.19. The van der Waals surface area contributed by atoms with E-state index in [4.69, 9.17) is 4.74 Å². The van der Waals surface area contributed by atoms with Gasteiger partial charge in [-0.2, -0.15) is 26.3 Å². The Bertz CT molecular complexity index is 1520. The van der Waals surface area contributed by atoms with Gasteiger partial charge in [0.1, 0.15) is 18.2 Å². The van der Waals surface area contributed by atoms with E-state index in [2.05, 4.69) is 5.32 Å². The van der Waals surface area contributed by atoms with E-state index in [1.165, 1.54) is 60.0 Å². The van der Waals surface area contributed by atoms with Crippen molar-refractivity contribution in [3.05, 3.63) is 112 Å². The molecule has 0 bridgehead atoms.